The lowest BCUT2D eigenvalue weighted by Crippen LogP contribution is -2.27. The van der Waals surface area contributed by atoms with Gasteiger partial charge in [0.05, 0.1) is 21.5 Å². The molecule has 0 saturated heterocycles. The SMILES string of the molecule is CC(NC(=O)c1ccccc1Cl)c1cccc(S(N)(=O)=O)c1. The predicted octanol–water partition coefficient (Wildman–Crippen LogP) is 2.48. The highest BCUT2D eigenvalue weighted by Gasteiger charge is 2.15. The third-order valence-corrected chi connectivity index (χ3v) is 4.39. The van der Waals surface area contributed by atoms with Crippen LogP contribution in [0, 0.1) is 0 Å². The molecule has 0 bridgehead atoms. The van der Waals surface area contributed by atoms with Crippen molar-refractivity contribution >= 4 is 27.5 Å². The van der Waals surface area contributed by atoms with E-state index >= 15 is 0 Å². The molecule has 0 aliphatic carbocycles. The van der Waals surface area contributed by atoms with Gasteiger partial charge in [-0.1, -0.05) is 35.9 Å². The van der Waals surface area contributed by atoms with Crippen LogP contribution in [0.1, 0.15) is 28.9 Å². The summed E-state index contributed by atoms with van der Waals surface area (Å²) in [6.07, 6.45) is 0. The van der Waals surface area contributed by atoms with Gasteiger partial charge in [0.15, 0.2) is 0 Å². The van der Waals surface area contributed by atoms with Crippen molar-refractivity contribution in [1.29, 1.82) is 0 Å². The van der Waals surface area contributed by atoms with Crippen LogP contribution in [-0.4, -0.2) is 14.3 Å². The number of hydrogen-bond donors (Lipinski definition) is 2. The molecule has 0 spiro atoms. The predicted molar refractivity (Wildman–Crippen MR) is 85.1 cm³/mol. The van der Waals surface area contributed by atoms with Crippen LogP contribution in [0.2, 0.25) is 5.02 Å². The Bertz CT molecular complexity index is 806. The Kier molecular flexibility index (Phi) is 4.85. The van der Waals surface area contributed by atoms with E-state index in [2.05, 4.69) is 5.32 Å². The van der Waals surface area contributed by atoms with Crippen molar-refractivity contribution in [1.82, 2.24) is 5.32 Å². The topological polar surface area (TPSA) is 89.3 Å². The standard InChI is InChI=1S/C15H15ClN2O3S/c1-10(11-5-4-6-12(9-11)22(17,20)21)18-15(19)13-7-2-3-8-14(13)16/h2-10H,1H3,(H,18,19)(H2,17,20,21). The lowest BCUT2D eigenvalue weighted by Gasteiger charge is -2.15. The van der Waals surface area contributed by atoms with Crippen LogP contribution in [0.25, 0.3) is 0 Å². The maximum absolute atomic E-state index is 12.2. The number of benzene rings is 2. The molecule has 0 heterocycles. The Morgan fingerprint density at radius 1 is 1.18 bits per heavy atom. The zero-order chi connectivity index (χ0) is 16.3. The van der Waals surface area contributed by atoms with Gasteiger partial charge in [-0.3, -0.25) is 4.79 Å². The molecule has 5 nitrogen and oxygen atoms in total. The van der Waals surface area contributed by atoms with E-state index in [-0.39, 0.29) is 10.8 Å². The van der Waals surface area contributed by atoms with E-state index in [0.29, 0.717) is 16.1 Å². The quantitative estimate of drug-likeness (QED) is 0.897. The third kappa shape index (κ3) is 3.85. The van der Waals surface area contributed by atoms with Crippen molar-refractivity contribution in [2.24, 2.45) is 5.14 Å². The average molecular weight is 339 g/mol. The first-order valence-corrected chi connectivity index (χ1v) is 8.39. The van der Waals surface area contributed by atoms with E-state index in [1.807, 2.05) is 0 Å². The third-order valence-electron chi connectivity index (χ3n) is 3.15. The Balaban J connectivity index is 2.21. The normalized spacial score (nSPS) is 12.7. The van der Waals surface area contributed by atoms with Gasteiger partial charge in [-0.05, 0) is 36.8 Å². The number of amides is 1. The summed E-state index contributed by atoms with van der Waals surface area (Å²) in [5, 5.41) is 8.23. The summed E-state index contributed by atoms with van der Waals surface area (Å²) in [7, 11) is -3.78. The molecular formula is C15H15ClN2O3S. The fourth-order valence-electron chi connectivity index (χ4n) is 1.96. The van der Waals surface area contributed by atoms with E-state index < -0.39 is 16.1 Å². The summed E-state index contributed by atoms with van der Waals surface area (Å²) in [4.78, 5) is 12.2. The Hall–Kier alpha value is -1.89. The van der Waals surface area contributed by atoms with Crippen molar-refractivity contribution in [3.63, 3.8) is 0 Å². The number of nitrogens with one attached hydrogen (secondary N) is 1. The number of carbonyl (C=O) groups excluding carboxylic acids is 1. The van der Waals surface area contributed by atoms with Crippen molar-refractivity contribution < 1.29 is 13.2 Å². The number of hydrogen-bond acceptors (Lipinski definition) is 3. The smallest absolute Gasteiger partial charge is 0.253 e. The zero-order valence-corrected chi connectivity index (χ0v) is 13.4. The van der Waals surface area contributed by atoms with Crippen LogP contribution < -0.4 is 10.5 Å². The second-order valence-corrected chi connectivity index (χ2v) is 6.76. The Labute approximate surface area is 134 Å². The molecule has 7 heteroatoms. The second kappa shape index (κ2) is 6.48. The molecule has 0 aliphatic heterocycles. The van der Waals surface area contributed by atoms with Crippen LogP contribution >= 0.6 is 11.6 Å². The molecule has 3 N–H and O–H groups in total. The van der Waals surface area contributed by atoms with Crippen LogP contribution in [0.5, 0.6) is 0 Å². The molecule has 0 aliphatic rings. The molecule has 2 aromatic rings. The van der Waals surface area contributed by atoms with E-state index in [1.165, 1.54) is 12.1 Å². The van der Waals surface area contributed by atoms with Gasteiger partial charge < -0.3 is 5.32 Å². The molecule has 1 atom stereocenters. The summed E-state index contributed by atoms with van der Waals surface area (Å²) in [6, 6.07) is 12.4. The van der Waals surface area contributed by atoms with Gasteiger partial charge in [-0.15, -0.1) is 0 Å². The number of carbonyl (C=O) groups is 1. The van der Waals surface area contributed by atoms with Gasteiger partial charge in [-0.25, -0.2) is 13.6 Å². The number of sulfonamides is 1. The lowest BCUT2D eigenvalue weighted by molar-refractivity contribution is 0.0940. The van der Waals surface area contributed by atoms with Gasteiger partial charge >= 0.3 is 0 Å². The van der Waals surface area contributed by atoms with Crippen LogP contribution in [0.15, 0.2) is 53.4 Å². The number of nitrogens with two attached hydrogens (primary N) is 1. The number of primary sulfonamides is 1. The van der Waals surface area contributed by atoms with Crippen LogP contribution in [0.3, 0.4) is 0 Å². The molecule has 2 rings (SSSR count). The van der Waals surface area contributed by atoms with Crippen molar-refractivity contribution in [2.75, 3.05) is 0 Å². The zero-order valence-electron chi connectivity index (χ0n) is 11.8. The van der Waals surface area contributed by atoms with Crippen LogP contribution in [-0.2, 0) is 10.0 Å². The Morgan fingerprint density at radius 3 is 2.50 bits per heavy atom. The minimum Gasteiger partial charge on any atom is -0.345 e. The molecule has 0 aromatic heterocycles. The van der Waals surface area contributed by atoms with E-state index in [1.54, 1.807) is 43.3 Å². The van der Waals surface area contributed by atoms with E-state index in [0.717, 1.165) is 0 Å². The van der Waals surface area contributed by atoms with E-state index in [9.17, 15) is 13.2 Å². The van der Waals surface area contributed by atoms with E-state index in [4.69, 9.17) is 16.7 Å². The van der Waals surface area contributed by atoms with Gasteiger partial charge in [0.2, 0.25) is 10.0 Å². The summed E-state index contributed by atoms with van der Waals surface area (Å²) in [5.41, 5.74) is 0.991. The van der Waals surface area contributed by atoms with Gasteiger partial charge in [0.1, 0.15) is 0 Å². The van der Waals surface area contributed by atoms with Crippen LogP contribution in [0.4, 0.5) is 0 Å². The lowest BCUT2D eigenvalue weighted by atomic mass is 10.1. The monoisotopic (exact) mass is 338 g/mol. The average Bonchev–Trinajstić information content (AvgIpc) is 2.46. The molecule has 0 radical (unpaired) electrons. The fourth-order valence-corrected chi connectivity index (χ4v) is 2.75. The molecule has 2 aromatic carbocycles. The summed E-state index contributed by atoms with van der Waals surface area (Å²) >= 11 is 5.98. The molecule has 1 unspecified atom stereocenters. The minimum atomic E-state index is -3.78. The van der Waals surface area contributed by atoms with Crippen molar-refractivity contribution in [3.8, 4) is 0 Å². The molecular weight excluding hydrogens is 324 g/mol. The highest BCUT2D eigenvalue weighted by molar-refractivity contribution is 7.89. The summed E-state index contributed by atoms with van der Waals surface area (Å²) in [5.74, 6) is -0.334. The number of halogens is 1. The second-order valence-electron chi connectivity index (χ2n) is 4.79. The molecule has 116 valence electrons. The highest BCUT2D eigenvalue weighted by atomic mass is 35.5. The minimum absolute atomic E-state index is 0.00356. The van der Waals surface area contributed by atoms with Gasteiger partial charge in [-0.2, -0.15) is 0 Å². The highest BCUT2D eigenvalue weighted by Crippen LogP contribution is 2.19. The van der Waals surface area contributed by atoms with Gasteiger partial charge in [0.25, 0.3) is 5.91 Å². The molecule has 22 heavy (non-hydrogen) atoms. The van der Waals surface area contributed by atoms with Gasteiger partial charge in [0, 0.05) is 0 Å². The first kappa shape index (κ1) is 16.5. The maximum atomic E-state index is 12.2. The number of rotatable bonds is 4. The first-order valence-electron chi connectivity index (χ1n) is 6.47. The molecule has 1 amide bonds. The van der Waals surface area contributed by atoms with Crippen molar-refractivity contribution in [2.45, 2.75) is 17.9 Å². The fraction of sp³-hybridized carbons (Fsp3) is 0.133. The largest absolute Gasteiger partial charge is 0.345 e. The molecule has 0 fully saturated rings. The summed E-state index contributed by atoms with van der Waals surface area (Å²) in [6.45, 7) is 1.75. The summed E-state index contributed by atoms with van der Waals surface area (Å²) < 4.78 is 22.7. The Morgan fingerprint density at radius 2 is 1.86 bits per heavy atom. The molecule has 0 saturated carbocycles. The first-order chi connectivity index (χ1) is 10.3. The maximum Gasteiger partial charge on any atom is 0.253 e. The van der Waals surface area contributed by atoms with Crippen molar-refractivity contribution in [3.05, 3.63) is 64.7 Å².